The van der Waals surface area contributed by atoms with Crippen LogP contribution in [0.3, 0.4) is 0 Å². The number of pyridine rings is 1. The molecule has 0 aromatic carbocycles. The summed E-state index contributed by atoms with van der Waals surface area (Å²) in [6.45, 7) is 2.56. The van der Waals surface area contributed by atoms with E-state index in [0.717, 1.165) is 43.5 Å². The van der Waals surface area contributed by atoms with Gasteiger partial charge in [0.25, 0.3) is 0 Å². The first-order valence-electron chi connectivity index (χ1n) is 8.71. The summed E-state index contributed by atoms with van der Waals surface area (Å²) in [7, 11) is 0. The summed E-state index contributed by atoms with van der Waals surface area (Å²) in [5.41, 5.74) is 1.15. The topological polar surface area (TPSA) is 45.2 Å². The fourth-order valence-electron chi connectivity index (χ4n) is 4.84. The highest BCUT2D eigenvalue weighted by molar-refractivity contribution is 5.77. The van der Waals surface area contributed by atoms with Crippen LogP contribution < -0.4 is 5.32 Å². The number of nitrogens with one attached hydrogen (secondary N) is 1. The fraction of sp³-hybridized carbons (Fsp3) is 0.667. The summed E-state index contributed by atoms with van der Waals surface area (Å²) in [6.07, 6.45) is 9.89. The molecule has 1 saturated heterocycles. The van der Waals surface area contributed by atoms with Crippen LogP contribution in [0.25, 0.3) is 0 Å². The molecule has 0 spiro atoms. The Bertz CT molecular complexity index is 532. The van der Waals surface area contributed by atoms with E-state index in [4.69, 9.17) is 0 Å². The minimum atomic E-state index is 0.147. The summed E-state index contributed by atoms with van der Waals surface area (Å²) in [6, 6.07) is 4.19. The van der Waals surface area contributed by atoms with E-state index < -0.39 is 0 Å². The standard InChI is InChI=1S/C18H25N3O/c22-18(10-16-9-13-3-4-14(16)8-13)21-7-6-20-12-17(21)15-2-1-5-19-11-15/h1-2,5,11,13-14,16-17,20H,3-4,6-10,12H2. The number of rotatable bonds is 3. The van der Waals surface area contributed by atoms with Crippen molar-refractivity contribution in [3.05, 3.63) is 30.1 Å². The molecule has 1 amide bonds. The third-order valence-electron chi connectivity index (χ3n) is 5.95. The van der Waals surface area contributed by atoms with Crippen molar-refractivity contribution >= 4 is 5.91 Å². The van der Waals surface area contributed by atoms with E-state index in [9.17, 15) is 4.79 Å². The van der Waals surface area contributed by atoms with E-state index in [-0.39, 0.29) is 6.04 Å². The van der Waals surface area contributed by atoms with Crippen molar-refractivity contribution in [2.45, 2.75) is 38.1 Å². The quantitative estimate of drug-likeness (QED) is 0.932. The average molecular weight is 299 g/mol. The molecule has 1 aromatic heterocycles. The highest BCUT2D eigenvalue weighted by atomic mass is 16.2. The van der Waals surface area contributed by atoms with Gasteiger partial charge in [-0.05, 0) is 48.6 Å². The minimum absolute atomic E-state index is 0.147. The van der Waals surface area contributed by atoms with Crippen molar-refractivity contribution < 1.29 is 4.79 Å². The number of piperazine rings is 1. The van der Waals surface area contributed by atoms with Crippen LogP contribution in [0.2, 0.25) is 0 Å². The van der Waals surface area contributed by atoms with Gasteiger partial charge in [0.1, 0.15) is 0 Å². The molecule has 4 atom stereocenters. The first kappa shape index (κ1) is 14.2. The predicted octanol–water partition coefficient (Wildman–Crippen LogP) is 2.38. The van der Waals surface area contributed by atoms with Crippen molar-refractivity contribution in [1.29, 1.82) is 0 Å². The lowest BCUT2D eigenvalue weighted by atomic mass is 9.86. The van der Waals surface area contributed by atoms with Gasteiger partial charge in [0, 0.05) is 38.4 Å². The van der Waals surface area contributed by atoms with Crippen LogP contribution in [0.1, 0.15) is 43.7 Å². The molecule has 4 nitrogen and oxygen atoms in total. The molecule has 118 valence electrons. The molecule has 0 radical (unpaired) electrons. The zero-order chi connectivity index (χ0) is 14.9. The molecule has 1 aromatic rings. The summed E-state index contributed by atoms with van der Waals surface area (Å²) in [4.78, 5) is 19.2. The maximum Gasteiger partial charge on any atom is 0.223 e. The van der Waals surface area contributed by atoms with E-state index in [1.54, 1.807) is 6.20 Å². The summed E-state index contributed by atoms with van der Waals surface area (Å²) in [5.74, 6) is 2.75. The number of aromatic nitrogens is 1. The molecule has 4 rings (SSSR count). The normalized spacial score (nSPS) is 34.1. The number of amides is 1. The van der Waals surface area contributed by atoms with E-state index in [1.165, 1.54) is 25.7 Å². The van der Waals surface area contributed by atoms with Crippen LogP contribution >= 0.6 is 0 Å². The second-order valence-corrected chi connectivity index (χ2v) is 7.23. The summed E-state index contributed by atoms with van der Waals surface area (Å²) < 4.78 is 0. The molecule has 2 saturated carbocycles. The highest BCUT2D eigenvalue weighted by Gasteiger charge is 2.41. The van der Waals surface area contributed by atoms with Crippen LogP contribution in [0.4, 0.5) is 0 Å². The van der Waals surface area contributed by atoms with Crippen LogP contribution in [0.5, 0.6) is 0 Å². The lowest BCUT2D eigenvalue weighted by Crippen LogP contribution is -2.49. The predicted molar refractivity (Wildman–Crippen MR) is 85.1 cm³/mol. The van der Waals surface area contributed by atoms with Crippen molar-refractivity contribution in [3.8, 4) is 0 Å². The third kappa shape index (κ3) is 2.65. The van der Waals surface area contributed by atoms with E-state index in [1.807, 2.05) is 12.3 Å². The van der Waals surface area contributed by atoms with Gasteiger partial charge in [0.2, 0.25) is 5.91 Å². The van der Waals surface area contributed by atoms with Crippen molar-refractivity contribution in [2.24, 2.45) is 17.8 Å². The van der Waals surface area contributed by atoms with E-state index in [0.29, 0.717) is 11.8 Å². The number of fused-ring (bicyclic) bond motifs is 2. The Hall–Kier alpha value is -1.42. The maximum absolute atomic E-state index is 12.9. The molecular weight excluding hydrogens is 274 g/mol. The molecule has 1 N–H and O–H groups in total. The fourth-order valence-corrected chi connectivity index (χ4v) is 4.84. The number of hydrogen-bond donors (Lipinski definition) is 1. The Morgan fingerprint density at radius 2 is 2.32 bits per heavy atom. The molecular formula is C18H25N3O. The monoisotopic (exact) mass is 299 g/mol. The zero-order valence-electron chi connectivity index (χ0n) is 13.1. The molecule has 4 unspecified atom stereocenters. The molecule has 2 bridgehead atoms. The molecule has 2 aliphatic carbocycles. The number of nitrogens with zero attached hydrogens (tertiary/aromatic N) is 2. The summed E-state index contributed by atoms with van der Waals surface area (Å²) >= 11 is 0. The second-order valence-electron chi connectivity index (χ2n) is 7.23. The average Bonchev–Trinajstić information content (AvgIpc) is 3.18. The van der Waals surface area contributed by atoms with Crippen LogP contribution in [0, 0.1) is 17.8 Å². The van der Waals surface area contributed by atoms with E-state index >= 15 is 0 Å². The Morgan fingerprint density at radius 3 is 3.05 bits per heavy atom. The Morgan fingerprint density at radius 1 is 1.36 bits per heavy atom. The Kier molecular flexibility index (Phi) is 3.87. The second kappa shape index (κ2) is 5.99. The van der Waals surface area contributed by atoms with Crippen LogP contribution in [-0.2, 0) is 4.79 Å². The van der Waals surface area contributed by atoms with Gasteiger partial charge in [-0.2, -0.15) is 0 Å². The van der Waals surface area contributed by atoms with Gasteiger partial charge < -0.3 is 10.2 Å². The SMILES string of the molecule is O=C(CC1CC2CCC1C2)N1CCNCC1c1cccnc1. The smallest absolute Gasteiger partial charge is 0.223 e. The number of carbonyl (C=O) groups is 1. The first-order valence-corrected chi connectivity index (χ1v) is 8.71. The van der Waals surface area contributed by atoms with Gasteiger partial charge in [0.15, 0.2) is 0 Å². The van der Waals surface area contributed by atoms with Crippen molar-refractivity contribution in [3.63, 3.8) is 0 Å². The van der Waals surface area contributed by atoms with Gasteiger partial charge in [-0.15, -0.1) is 0 Å². The lowest BCUT2D eigenvalue weighted by Gasteiger charge is -2.37. The zero-order valence-corrected chi connectivity index (χ0v) is 13.1. The maximum atomic E-state index is 12.9. The Balaban J connectivity index is 1.46. The third-order valence-corrected chi connectivity index (χ3v) is 5.95. The van der Waals surface area contributed by atoms with Gasteiger partial charge in [-0.3, -0.25) is 9.78 Å². The Labute approximate surface area is 132 Å². The minimum Gasteiger partial charge on any atom is -0.333 e. The van der Waals surface area contributed by atoms with E-state index in [2.05, 4.69) is 21.3 Å². The highest BCUT2D eigenvalue weighted by Crippen LogP contribution is 2.49. The number of carbonyl (C=O) groups excluding carboxylic acids is 1. The van der Waals surface area contributed by atoms with Crippen LogP contribution in [-0.4, -0.2) is 35.4 Å². The van der Waals surface area contributed by atoms with Crippen molar-refractivity contribution in [2.75, 3.05) is 19.6 Å². The van der Waals surface area contributed by atoms with Gasteiger partial charge in [-0.25, -0.2) is 0 Å². The largest absolute Gasteiger partial charge is 0.333 e. The molecule has 3 fully saturated rings. The van der Waals surface area contributed by atoms with Gasteiger partial charge >= 0.3 is 0 Å². The molecule has 22 heavy (non-hydrogen) atoms. The molecule has 3 aliphatic rings. The molecule has 2 heterocycles. The van der Waals surface area contributed by atoms with Crippen LogP contribution in [0.15, 0.2) is 24.5 Å². The first-order chi connectivity index (χ1) is 10.8. The van der Waals surface area contributed by atoms with Gasteiger partial charge in [-0.1, -0.05) is 12.5 Å². The lowest BCUT2D eigenvalue weighted by molar-refractivity contribution is -0.136. The molecule has 4 heteroatoms. The summed E-state index contributed by atoms with van der Waals surface area (Å²) in [5, 5.41) is 3.42. The van der Waals surface area contributed by atoms with Gasteiger partial charge in [0.05, 0.1) is 6.04 Å². The van der Waals surface area contributed by atoms with Crippen molar-refractivity contribution in [1.82, 2.24) is 15.2 Å². The number of hydrogen-bond acceptors (Lipinski definition) is 3. The molecule has 1 aliphatic heterocycles.